The lowest BCUT2D eigenvalue weighted by Gasteiger charge is -2.31. The summed E-state index contributed by atoms with van der Waals surface area (Å²) in [4.78, 5) is 12.5. The molecule has 8 nitrogen and oxygen atoms in total. The van der Waals surface area contributed by atoms with Crippen molar-refractivity contribution in [1.29, 1.82) is 0 Å². The van der Waals surface area contributed by atoms with Crippen LogP contribution in [0.2, 0.25) is 5.02 Å². The molecule has 0 aliphatic carbocycles. The van der Waals surface area contributed by atoms with E-state index in [-0.39, 0.29) is 21.4 Å². The molecule has 0 unspecified atom stereocenters. The highest BCUT2D eigenvalue weighted by Gasteiger charge is 2.30. The minimum atomic E-state index is -3.87. The van der Waals surface area contributed by atoms with Gasteiger partial charge < -0.3 is 9.64 Å². The summed E-state index contributed by atoms with van der Waals surface area (Å²) in [6.45, 7) is 1.75. The number of halogens is 2. The predicted molar refractivity (Wildman–Crippen MR) is 101 cm³/mol. The SMILES string of the molecule is CN1CCN(S(=O)(=O)c2ccc(Oc3ccc(F)cc3Cl)c([N+](=O)[O-])c2)CC1. The van der Waals surface area contributed by atoms with E-state index in [1.807, 2.05) is 11.9 Å². The molecule has 1 fully saturated rings. The van der Waals surface area contributed by atoms with Crippen molar-refractivity contribution in [2.75, 3.05) is 33.2 Å². The minimum absolute atomic E-state index is 0.0147. The topological polar surface area (TPSA) is 93.0 Å². The summed E-state index contributed by atoms with van der Waals surface area (Å²) < 4.78 is 45.5. The Morgan fingerprint density at radius 1 is 1.11 bits per heavy atom. The quantitative estimate of drug-likeness (QED) is 0.535. The molecule has 0 atom stereocenters. The lowest BCUT2D eigenvalue weighted by molar-refractivity contribution is -0.385. The second kappa shape index (κ2) is 8.00. The van der Waals surface area contributed by atoms with E-state index < -0.39 is 26.5 Å². The van der Waals surface area contributed by atoms with Crippen LogP contribution < -0.4 is 4.74 Å². The van der Waals surface area contributed by atoms with Crippen molar-refractivity contribution >= 4 is 27.3 Å². The van der Waals surface area contributed by atoms with Crippen LogP contribution in [-0.4, -0.2) is 55.8 Å². The summed E-state index contributed by atoms with van der Waals surface area (Å²) >= 11 is 5.89. The lowest BCUT2D eigenvalue weighted by Crippen LogP contribution is -2.47. The summed E-state index contributed by atoms with van der Waals surface area (Å²) in [5.41, 5.74) is -0.532. The van der Waals surface area contributed by atoms with Gasteiger partial charge in [-0.25, -0.2) is 12.8 Å². The molecular weight excluding hydrogens is 413 g/mol. The molecule has 11 heteroatoms. The number of likely N-dealkylation sites (N-methyl/N-ethyl adjacent to an activating group) is 1. The van der Waals surface area contributed by atoms with Crippen molar-refractivity contribution in [2.45, 2.75) is 4.90 Å². The van der Waals surface area contributed by atoms with Crippen molar-refractivity contribution in [3.8, 4) is 11.5 Å². The van der Waals surface area contributed by atoms with E-state index in [0.717, 1.165) is 18.2 Å². The number of hydrogen-bond donors (Lipinski definition) is 0. The third kappa shape index (κ3) is 4.25. The Balaban J connectivity index is 1.94. The van der Waals surface area contributed by atoms with Crippen molar-refractivity contribution in [3.63, 3.8) is 0 Å². The first-order valence-electron chi connectivity index (χ1n) is 8.28. The standard InChI is InChI=1S/C17H17ClFN3O5S/c1-20-6-8-21(9-7-20)28(25,26)13-3-5-17(15(11-13)22(23)24)27-16-4-2-12(19)10-14(16)18/h2-5,10-11H,6-9H2,1H3. The van der Waals surface area contributed by atoms with E-state index in [1.165, 1.54) is 22.5 Å². The third-order valence-corrected chi connectivity index (χ3v) is 6.53. The number of hydrogen-bond acceptors (Lipinski definition) is 6. The van der Waals surface area contributed by atoms with Crippen LogP contribution in [0.5, 0.6) is 11.5 Å². The van der Waals surface area contributed by atoms with Crippen LogP contribution in [0.15, 0.2) is 41.3 Å². The van der Waals surface area contributed by atoms with E-state index in [0.29, 0.717) is 26.2 Å². The molecule has 0 N–H and O–H groups in total. The summed E-state index contributed by atoms with van der Waals surface area (Å²) in [6.07, 6.45) is 0. The van der Waals surface area contributed by atoms with Gasteiger partial charge in [0.05, 0.1) is 14.8 Å². The van der Waals surface area contributed by atoms with Crippen LogP contribution in [0.1, 0.15) is 0 Å². The van der Waals surface area contributed by atoms with Crippen molar-refractivity contribution in [3.05, 3.63) is 57.4 Å². The van der Waals surface area contributed by atoms with Gasteiger partial charge in [0, 0.05) is 32.2 Å². The maximum Gasteiger partial charge on any atom is 0.312 e. The molecule has 0 spiro atoms. The second-order valence-electron chi connectivity index (χ2n) is 6.27. The maximum atomic E-state index is 13.2. The fraction of sp³-hybridized carbons (Fsp3) is 0.294. The Hall–Kier alpha value is -2.27. The van der Waals surface area contributed by atoms with E-state index in [9.17, 15) is 22.9 Å². The van der Waals surface area contributed by atoms with Crippen LogP contribution in [0.25, 0.3) is 0 Å². The number of benzene rings is 2. The van der Waals surface area contributed by atoms with Gasteiger partial charge in [0.25, 0.3) is 0 Å². The predicted octanol–water partition coefficient (Wildman–Crippen LogP) is 3.12. The lowest BCUT2D eigenvalue weighted by atomic mass is 10.3. The van der Waals surface area contributed by atoms with Crippen molar-refractivity contribution in [2.24, 2.45) is 0 Å². The fourth-order valence-corrected chi connectivity index (χ4v) is 4.39. The zero-order valence-corrected chi connectivity index (χ0v) is 16.4. The van der Waals surface area contributed by atoms with Crippen LogP contribution in [0, 0.1) is 15.9 Å². The van der Waals surface area contributed by atoms with Crippen molar-refractivity contribution < 1.29 is 22.5 Å². The first-order chi connectivity index (χ1) is 13.2. The molecular formula is C17H17ClFN3O5S. The third-order valence-electron chi connectivity index (χ3n) is 4.34. The number of ether oxygens (including phenoxy) is 1. The minimum Gasteiger partial charge on any atom is -0.449 e. The molecule has 28 heavy (non-hydrogen) atoms. The number of nitro groups is 1. The van der Waals surface area contributed by atoms with Gasteiger partial charge in [-0.15, -0.1) is 0 Å². The maximum absolute atomic E-state index is 13.2. The Morgan fingerprint density at radius 3 is 2.36 bits per heavy atom. The fourth-order valence-electron chi connectivity index (χ4n) is 2.74. The van der Waals surface area contributed by atoms with Crippen molar-refractivity contribution in [1.82, 2.24) is 9.21 Å². The summed E-state index contributed by atoms with van der Waals surface area (Å²) in [7, 11) is -1.98. The Morgan fingerprint density at radius 2 is 1.75 bits per heavy atom. The number of piperazine rings is 1. The molecule has 1 aliphatic heterocycles. The average molecular weight is 430 g/mol. The zero-order chi connectivity index (χ0) is 20.5. The molecule has 1 saturated heterocycles. The number of nitrogens with zero attached hydrogens (tertiary/aromatic N) is 3. The molecule has 1 heterocycles. The zero-order valence-electron chi connectivity index (χ0n) is 14.8. The molecule has 0 aromatic heterocycles. The number of nitro benzene ring substituents is 1. The van der Waals surface area contributed by atoms with Gasteiger partial charge in [-0.2, -0.15) is 4.31 Å². The largest absolute Gasteiger partial charge is 0.449 e. The molecule has 150 valence electrons. The normalized spacial score (nSPS) is 16.1. The highest BCUT2D eigenvalue weighted by molar-refractivity contribution is 7.89. The first kappa shape index (κ1) is 20.5. The van der Waals surface area contributed by atoms with Gasteiger partial charge in [-0.3, -0.25) is 10.1 Å². The molecule has 0 amide bonds. The summed E-state index contributed by atoms with van der Waals surface area (Å²) in [5, 5.41) is 11.4. The van der Waals surface area contributed by atoms with Crippen LogP contribution in [0.4, 0.5) is 10.1 Å². The van der Waals surface area contributed by atoms with Gasteiger partial charge in [0.1, 0.15) is 11.6 Å². The van der Waals surface area contributed by atoms with Gasteiger partial charge >= 0.3 is 5.69 Å². The van der Waals surface area contributed by atoms with Gasteiger partial charge in [-0.05, 0) is 37.4 Å². The second-order valence-corrected chi connectivity index (χ2v) is 8.62. The molecule has 1 aliphatic rings. The molecule has 0 radical (unpaired) electrons. The molecule has 2 aromatic carbocycles. The van der Waals surface area contributed by atoms with E-state index >= 15 is 0 Å². The molecule has 0 saturated carbocycles. The first-order valence-corrected chi connectivity index (χ1v) is 10.1. The summed E-state index contributed by atoms with van der Waals surface area (Å²) in [6, 6.07) is 6.74. The molecule has 0 bridgehead atoms. The Labute approximate surface area is 166 Å². The highest BCUT2D eigenvalue weighted by atomic mass is 35.5. The van der Waals surface area contributed by atoms with Crippen LogP contribution in [-0.2, 0) is 10.0 Å². The van der Waals surface area contributed by atoms with E-state index in [2.05, 4.69) is 0 Å². The van der Waals surface area contributed by atoms with Gasteiger partial charge in [-0.1, -0.05) is 11.6 Å². The highest BCUT2D eigenvalue weighted by Crippen LogP contribution is 2.37. The average Bonchev–Trinajstić information content (AvgIpc) is 2.64. The van der Waals surface area contributed by atoms with E-state index in [4.69, 9.17) is 16.3 Å². The van der Waals surface area contributed by atoms with Gasteiger partial charge in [0.2, 0.25) is 15.8 Å². The molecule has 3 rings (SSSR count). The van der Waals surface area contributed by atoms with Crippen LogP contribution >= 0.6 is 11.6 Å². The smallest absolute Gasteiger partial charge is 0.312 e. The molecule has 2 aromatic rings. The summed E-state index contributed by atoms with van der Waals surface area (Å²) in [5.74, 6) is -0.767. The number of rotatable bonds is 5. The number of sulfonamides is 1. The van der Waals surface area contributed by atoms with E-state index in [1.54, 1.807) is 0 Å². The Kier molecular flexibility index (Phi) is 5.84. The monoisotopic (exact) mass is 429 g/mol. The van der Waals surface area contributed by atoms with Gasteiger partial charge in [0.15, 0.2) is 0 Å². The van der Waals surface area contributed by atoms with Crippen LogP contribution in [0.3, 0.4) is 0 Å². The Bertz CT molecular complexity index is 1010.